The van der Waals surface area contributed by atoms with Crippen molar-refractivity contribution in [2.45, 2.75) is 78.3 Å². The van der Waals surface area contributed by atoms with Gasteiger partial charge in [0, 0.05) is 30.7 Å². The van der Waals surface area contributed by atoms with Gasteiger partial charge in [-0.25, -0.2) is 0 Å². The zero-order chi connectivity index (χ0) is 13.8. The van der Waals surface area contributed by atoms with Gasteiger partial charge in [0.15, 0.2) is 0 Å². The summed E-state index contributed by atoms with van der Waals surface area (Å²) >= 11 is 0. The molecule has 1 aliphatic rings. The molecule has 0 aromatic rings. The second-order valence-electron chi connectivity index (χ2n) is 6.73. The fourth-order valence-electron chi connectivity index (χ4n) is 3.28. The average Bonchev–Trinajstić information content (AvgIpc) is 2.36. The SMILES string of the molecule is CCC(CC)CN1CC(C)(C)NCC1(CC)CC. The maximum atomic E-state index is 3.75. The first-order valence-electron chi connectivity index (χ1n) is 7.93. The Morgan fingerprint density at radius 1 is 1.06 bits per heavy atom. The molecule has 1 fully saturated rings. The summed E-state index contributed by atoms with van der Waals surface area (Å²) in [7, 11) is 0. The van der Waals surface area contributed by atoms with Crippen molar-refractivity contribution in [1.29, 1.82) is 0 Å². The normalized spacial score (nSPS) is 23.5. The van der Waals surface area contributed by atoms with E-state index < -0.39 is 0 Å². The van der Waals surface area contributed by atoms with E-state index in [4.69, 9.17) is 0 Å². The molecule has 0 spiro atoms. The molecular formula is C16H34N2. The van der Waals surface area contributed by atoms with E-state index >= 15 is 0 Å². The van der Waals surface area contributed by atoms with Crippen molar-refractivity contribution >= 4 is 0 Å². The van der Waals surface area contributed by atoms with Crippen LogP contribution in [0.3, 0.4) is 0 Å². The summed E-state index contributed by atoms with van der Waals surface area (Å²) in [5.41, 5.74) is 0.651. The molecule has 1 rings (SSSR count). The molecule has 1 N–H and O–H groups in total. The maximum absolute atomic E-state index is 3.75. The van der Waals surface area contributed by atoms with E-state index in [1.54, 1.807) is 0 Å². The molecule has 2 nitrogen and oxygen atoms in total. The van der Waals surface area contributed by atoms with Gasteiger partial charge in [-0.05, 0) is 32.6 Å². The molecule has 0 unspecified atom stereocenters. The second-order valence-corrected chi connectivity index (χ2v) is 6.73. The van der Waals surface area contributed by atoms with Crippen molar-refractivity contribution in [3.8, 4) is 0 Å². The molecule has 0 radical (unpaired) electrons. The van der Waals surface area contributed by atoms with Crippen LogP contribution in [0.15, 0.2) is 0 Å². The van der Waals surface area contributed by atoms with Gasteiger partial charge in [-0.2, -0.15) is 0 Å². The van der Waals surface area contributed by atoms with Crippen LogP contribution in [0, 0.1) is 5.92 Å². The highest BCUT2D eigenvalue weighted by molar-refractivity contribution is 5.01. The van der Waals surface area contributed by atoms with Crippen LogP contribution in [-0.2, 0) is 0 Å². The molecule has 0 aromatic carbocycles. The van der Waals surface area contributed by atoms with E-state index in [9.17, 15) is 0 Å². The Kier molecular flexibility index (Phi) is 5.67. The van der Waals surface area contributed by atoms with Gasteiger partial charge in [0.1, 0.15) is 0 Å². The van der Waals surface area contributed by atoms with Crippen molar-refractivity contribution in [3.05, 3.63) is 0 Å². The van der Waals surface area contributed by atoms with Crippen LogP contribution in [0.25, 0.3) is 0 Å². The van der Waals surface area contributed by atoms with Crippen LogP contribution >= 0.6 is 0 Å². The van der Waals surface area contributed by atoms with Gasteiger partial charge in [0.2, 0.25) is 0 Å². The first kappa shape index (κ1) is 16.0. The molecular weight excluding hydrogens is 220 g/mol. The number of nitrogens with zero attached hydrogens (tertiary/aromatic N) is 1. The maximum Gasteiger partial charge on any atom is 0.0329 e. The molecule has 108 valence electrons. The van der Waals surface area contributed by atoms with Crippen LogP contribution in [0.4, 0.5) is 0 Å². The summed E-state index contributed by atoms with van der Waals surface area (Å²) in [4.78, 5) is 2.79. The summed E-state index contributed by atoms with van der Waals surface area (Å²) < 4.78 is 0. The molecule has 1 aliphatic heterocycles. The molecule has 0 aliphatic carbocycles. The Balaban J connectivity index is 2.83. The van der Waals surface area contributed by atoms with E-state index in [1.165, 1.54) is 38.8 Å². The predicted octanol–water partition coefficient (Wildman–Crippen LogP) is 3.67. The Hall–Kier alpha value is -0.0800. The Labute approximate surface area is 115 Å². The molecule has 1 heterocycles. The topological polar surface area (TPSA) is 15.3 Å². The largest absolute Gasteiger partial charge is 0.309 e. The van der Waals surface area contributed by atoms with E-state index in [2.05, 4.69) is 51.8 Å². The minimum Gasteiger partial charge on any atom is -0.309 e. The van der Waals surface area contributed by atoms with Gasteiger partial charge in [0.25, 0.3) is 0 Å². The van der Waals surface area contributed by atoms with Crippen molar-refractivity contribution in [1.82, 2.24) is 10.2 Å². The lowest BCUT2D eigenvalue weighted by Gasteiger charge is -2.53. The molecule has 2 heteroatoms. The first-order valence-corrected chi connectivity index (χ1v) is 7.93. The average molecular weight is 254 g/mol. The Bertz CT molecular complexity index is 239. The fraction of sp³-hybridized carbons (Fsp3) is 1.00. The molecule has 0 amide bonds. The summed E-state index contributed by atoms with van der Waals surface area (Å²) in [5.74, 6) is 0.858. The number of piperazine rings is 1. The van der Waals surface area contributed by atoms with Gasteiger partial charge in [-0.15, -0.1) is 0 Å². The second kappa shape index (κ2) is 6.38. The molecule has 18 heavy (non-hydrogen) atoms. The van der Waals surface area contributed by atoms with Crippen molar-refractivity contribution in [3.63, 3.8) is 0 Å². The van der Waals surface area contributed by atoms with E-state index in [0.29, 0.717) is 5.54 Å². The van der Waals surface area contributed by atoms with Gasteiger partial charge >= 0.3 is 0 Å². The summed E-state index contributed by atoms with van der Waals surface area (Å²) in [6.45, 7) is 17.7. The monoisotopic (exact) mass is 254 g/mol. The predicted molar refractivity (Wildman–Crippen MR) is 81.0 cm³/mol. The number of hydrogen-bond acceptors (Lipinski definition) is 2. The van der Waals surface area contributed by atoms with Crippen LogP contribution in [0.1, 0.15) is 67.2 Å². The van der Waals surface area contributed by atoms with Crippen LogP contribution in [0.2, 0.25) is 0 Å². The van der Waals surface area contributed by atoms with Gasteiger partial charge in [0.05, 0.1) is 0 Å². The fourth-order valence-corrected chi connectivity index (χ4v) is 3.28. The van der Waals surface area contributed by atoms with E-state index in [-0.39, 0.29) is 5.54 Å². The highest BCUT2D eigenvalue weighted by Crippen LogP contribution is 2.31. The summed E-state index contributed by atoms with van der Waals surface area (Å²) in [6, 6.07) is 0. The van der Waals surface area contributed by atoms with Crippen LogP contribution < -0.4 is 5.32 Å². The molecule has 0 saturated carbocycles. The Morgan fingerprint density at radius 3 is 2.06 bits per heavy atom. The quantitative estimate of drug-likeness (QED) is 0.778. The van der Waals surface area contributed by atoms with E-state index in [0.717, 1.165) is 12.5 Å². The Morgan fingerprint density at radius 2 is 1.61 bits per heavy atom. The minimum absolute atomic E-state index is 0.264. The third-order valence-corrected chi connectivity index (χ3v) is 5.10. The van der Waals surface area contributed by atoms with Crippen LogP contribution in [-0.4, -0.2) is 35.6 Å². The van der Waals surface area contributed by atoms with E-state index in [1.807, 2.05) is 0 Å². The standard InChI is InChI=1S/C16H34N2/c1-7-14(8-2)11-18-13-15(5,6)17-12-16(18,9-3)10-4/h14,17H,7-13H2,1-6H3. The lowest BCUT2D eigenvalue weighted by Crippen LogP contribution is -2.68. The molecule has 1 saturated heterocycles. The minimum atomic E-state index is 0.264. The van der Waals surface area contributed by atoms with Gasteiger partial charge in [-0.3, -0.25) is 4.90 Å². The van der Waals surface area contributed by atoms with Gasteiger partial charge < -0.3 is 5.32 Å². The van der Waals surface area contributed by atoms with Crippen LogP contribution in [0.5, 0.6) is 0 Å². The molecule has 0 aromatic heterocycles. The summed E-state index contributed by atoms with van der Waals surface area (Å²) in [5, 5.41) is 3.75. The van der Waals surface area contributed by atoms with Crippen molar-refractivity contribution in [2.75, 3.05) is 19.6 Å². The highest BCUT2D eigenvalue weighted by atomic mass is 15.3. The summed E-state index contributed by atoms with van der Waals surface area (Å²) in [6.07, 6.45) is 5.13. The zero-order valence-corrected chi connectivity index (χ0v) is 13.5. The van der Waals surface area contributed by atoms with Crippen molar-refractivity contribution in [2.24, 2.45) is 5.92 Å². The molecule has 0 bridgehead atoms. The lowest BCUT2D eigenvalue weighted by atomic mass is 9.83. The third kappa shape index (κ3) is 3.48. The lowest BCUT2D eigenvalue weighted by molar-refractivity contribution is -0.00314. The third-order valence-electron chi connectivity index (χ3n) is 5.10. The smallest absolute Gasteiger partial charge is 0.0329 e. The number of hydrogen-bond donors (Lipinski definition) is 1. The number of nitrogens with one attached hydrogen (secondary N) is 1. The first-order chi connectivity index (χ1) is 8.43. The highest BCUT2D eigenvalue weighted by Gasteiger charge is 2.41. The molecule has 0 atom stereocenters. The number of rotatable bonds is 6. The van der Waals surface area contributed by atoms with Gasteiger partial charge in [-0.1, -0.05) is 40.5 Å². The van der Waals surface area contributed by atoms with Crippen molar-refractivity contribution < 1.29 is 0 Å². The zero-order valence-electron chi connectivity index (χ0n) is 13.5.